The second kappa shape index (κ2) is 15.3. The Morgan fingerprint density at radius 2 is 2.06 bits per heavy atom. The third-order valence-corrected chi connectivity index (χ3v) is 7.76. The van der Waals surface area contributed by atoms with E-state index in [2.05, 4.69) is 32.6 Å². The van der Waals surface area contributed by atoms with Crippen molar-refractivity contribution in [3.8, 4) is 0 Å². The Balaban J connectivity index is 0.00000176. The molecule has 4 rings (SSSR count). The number of carbonyl (C=O) groups excluding carboxylic acids is 1. The van der Waals surface area contributed by atoms with E-state index in [-0.39, 0.29) is 11.6 Å². The first-order chi connectivity index (χ1) is 17.6. The summed E-state index contributed by atoms with van der Waals surface area (Å²) in [6.07, 6.45) is 5.10. The highest BCUT2D eigenvalue weighted by atomic mass is 32.2. The van der Waals surface area contributed by atoms with Crippen LogP contribution in [0.3, 0.4) is 0 Å². The number of hydrogen-bond acceptors (Lipinski definition) is 9. The number of carbonyl (C=O) groups is 1. The molecular formula is C26H39N5O3S2. The molecule has 8 nitrogen and oxygen atoms in total. The first kappa shape index (κ1) is 28.6. The van der Waals surface area contributed by atoms with Crippen LogP contribution in [0.2, 0.25) is 0 Å². The highest BCUT2D eigenvalue weighted by molar-refractivity contribution is 8.00. The molecule has 2 fully saturated rings. The number of amides is 1. The van der Waals surface area contributed by atoms with Crippen LogP contribution in [0.25, 0.3) is 0 Å². The summed E-state index contributed by atoms with van der Waals surface area (Å²) in [6, 6.07) is 8.43. The third-order valence-electron chi connectivity index (χ3n) is 5.52. The van der Waals surface area contributed by atoms with Crippen LogP contribution in [0.1, 0.15) is 50.5 Å². The monoisotopic (exact) mass is 533 g/mol. The number of anilines is 1. The van der Waals surface area contributed by atoms with Gasteiger partial charge in [0.1, 0.15) is 6.61 Å². The summed E-state index contributed by atoms with van der Waals surface area (Å²) in [5.41, 5.74) is 0.962. The standard InChI is InChI=1S/C24H33N5O3S2.C2H6/c1-17-15-29(11-10-25-17)16-21-14-26-24(34-21)27-23(30)22(28-32-13-3-12-31-2)18-4-6-19(7-5-18)33-20-8-9-20;1-2/h4-7,14,17,20,25H,3,8-13,15-16H2,1-2H3,(H,26,27,30);1-2H3/b28-22+;/t17-;/m1./s1. The summed E-state index contributed by atoms with van der Waals surface area (Å²) in [5, 5.41) is 11.8. The summed E-state index contributed by atoms with van der Waals surface area (Å²) in [5.74, 6) is -0.328. The van der Waals surface area contributed by atoms with Gasteiger partial charge in [0.25, 0.3) is 5.91 Å². The van der Waals surface area contributed by atoms with Crippen molar-refractivity contribution >= 4 is 39.8 Å². The number of thioether (sulfide) groups is 1. The molecule has 2 aromatic rings. The lowest BCUT2D eigenvalue weighted by atomic mass is 10.1. The van der Waals surface area contributed by atoms with Crippen LogP contribution < -0.4 is 10.6 Å². The van der Waals surface area contributed by atoms with Crippen LogP contribution in [-0.2, 0) is 20.9 Å². The molecular weight excluding hydrogens is 494 g/mol. The molecule has 2 N–H and O–H groups in total. The van der Waals surface area contributed by atoms with Gasteiger partial charge in [0.2, 0.25) is 0 Å². The molecule has 1 aliphatic carbocycles. The van der Waals surface area contributed by atoms with E-state index in [1.54, 1.807) is 7.11 Å². The van der Waals surface area contributed by atoms with Crippen LogP contribution in [0.5, 0.6) is 0 Å². The number of hydrogen-bond donors (Lipinski definition) is 2. The van der Waals surface area contributed by atoms with E-state index >= 15 is 0 Å². The second-order valence-electron chi connectivity index (χ2n) is 8.64. The molecule has 36 heavy (non-hydrogen) atoms. The SMILES string of the molecule is CC.COCCCO/N=C(/C(=O)Nc1ncc(CN2CCN[C@H](C)C2)s1)c1ccc(SC2CC2)cc1. The summed E-state index contributed by atoms with van der Waals surface area (Å²) in [7, 11) is 1.65. The number of aromatic nitrogens is 1. The molecule has 1 atom stereocenters. The summed E-state index contributed by atoms with van der Waals surface area (Å²) in [4.78, 5) is 27.7. The largest absolute Gasteiger partial charge is 0.395 e. The third kappa shape index (κ3) is 9.48. The lowest BCUT2D eigenvalue weighted by Gasteiger charge is -2.31. The van der Waals surface area contributed by atoms with Crippen LogP contribution in [0.4, 0.5) is 5.13 Å². The average Bonchev–Trinajstić information content (AvgIpc) is 3.60. The molecule has 1 saturated carbocycles. The minimum Gasteiger partial charge on any atom is -0.395 e. The van der Waals surface area contributed by atoms with E-state index < -0.39 is 0 Å². The lowest BCUT2D eigenvalue weighted by molar-refractivity contribution is -0.110. The van der Waals surface area contributed by atoms with Crippen LogP contribution in [-0.4, -0.2) is 72.8 Å². The van der Waals surface area contributed by atoms with Crippen molar-refractivity contribution in [1.29, 1.82) is 0 Å². The Labute approximate surface area is 223 Å². The van der Waals surface area contributed by atoms with Crippen LogP contribution >= 0.6 is 23.1 Å². The quantitative estimate of drug-likeness (QED) is 0.234. The first-order valence-electron chi connectivity index (χ1n) is 12.8. The molecule has 198 valence electrons. The van der Waals surface area contributed by atoms with E-state index in [9.17, 15) is 4.79 Å². The van der Waals surface area contributed by atoms with Crippen molar-refractivity contribution in [1.82, 2.24) is 15.2 Å². The maximum absolute atomic E-state index is 13.1. The Hall–Kier alpha value is -1.98. The van der Waals surface area contributed by atoms with Gasteiger partial charge >= 0.3 is 0 Å². The van der Waals surface area contributed by atoms with Crippen molar-refractivity contribution < 1.29 is 14.4 Å². The van der Waals surface area contributed by atoms with Crippen molar-refractivity contribution in [3.63, 3.8) is 0 Å². The predicted molar refractivity (Wildman–Crippen MR) is 149 cm³/mol. The summed E-state index contributed by atoms with van der Waals surface area (Å²) in [6.45, 7) is 11.0. The highest BCUT2D eigenvalue weighted by Gasteiger charge is 2.23. The molecule has 2 aliphatic rings. The number of rotatable bonds is 12. The number of methoxy groups -OCH3 is 1. The maximum atomic E-state index is 13.1. The number of thiazole rings is 1. The second-order valence-corrected chi connectivity index (χ2v) is 11.1. The van der Waals surface area contributed by atoms with Gasteiger partial charge in [-0.15, -0.1) is 23.1 Å². The summed E-state index contributed by atoms with van der Waals surface area (Å²) >= 11 is 3.38. The van der Waals surface area contributed by atoms with Crippen molar-refractivity contribution in [2.24, 2.45) is 5.16 Å². The predicted octanol–water partition coefficient (Wildman–Crippen LogP) is 4.61. The molecule has 2 heterocycles. The van der Waals surface area contributed by atoms with Crippen molar-refractivity contribution in [2.45, 2.75) is 62.8 Å². The Kier molecular flexibility index (Phi) is 12.2. The molecule has 0 radical (unpaired) electrons. The topological polar surface area (TPSA) is 88.1 Å². The van der Waals surface area contributed by atoms with Gasteiger partial charge in [-0.1, -0.05) is 31.1 Å². The zero-order chi connectivity index (χ0) is 25.8. The van der Waals surface area contributed by atoms with Crippen LogP contribution in [0.15, 0.2) is 40.5 Å². The molecule has 0 unspecified atom stereocenters. The van der Waals surface area contributed by atoms with E-state index in [0.29, 0.717) is 30.8 Å². The minimum absolute atomic E-state index is 0.244. The summed E-state index contributed by atoms with van der Waals surface area (Å²) < 4.78 is 5.05. The number of ether oxygens (including phenoxy) is 1. The van der Waals surface area contributed by atoms with Gasteiger partial charge in [-0.3, -0.25) is 15.0 Å². The number of benzene rings is 1. The fourth-order valence-corrected chi connectivity index (χ4v) is 5.54. The van der Waals surface area contributed by atoms with E-state index in [1.807, 2.05) is 56.1 Å². The number of nitrogens with zero attached hydrogens (tertiary/aromatic N) is 3. The number of oxime groups is 1. The van der Waals surface area contributed by atoms with Gasteiger partial charge in [-0.2, -0.15) is 0 Å². The Morgan fingerprint density at radius 3 is 2.75 bits per heavy atom. The normalized spacial score (nSPS) is 18.3. The molecule has 1 saturated heterocycles. The zero-order valence-electron chi connectivity index (χ0n) is 21.8. The lowest BCUT2D eigenvalue weighted by Crippen LogP contribution is -2.48. The van der Waals surface area contributed by atoms with Crippen molar-refractivity contribution in [3.05, 3.63) is 40.9 Å². The fourth-order valence-electron chi connectivity index (χ4n) is 3.64. The molecule has 1 aromatic carbocycles. The maximum Gasteiger partial charge on any atom is 0.280 e. The molecule has 1 aliphatic heterocycles. The fraction of sp³-hybridized carbons (Fsp3) is 0.577. The number of nitrogens with one attached hydrogen (secondary N) is 2. The molecule has 1 aromatic heterocycles. The molecule has 0 bridgehead atoms. The van der Waals surface area contributed by atoms with E-state index in [0.717, 1.165) is 41.9 Å². The number of piperazine rings is 1. The van der Waals surface area contributed by atoms with Gasteiger partial charge < -0.3 is 14.9 Å². The average molecular weight is 534 g/mol. The first-order valence-corrected chi connectivity index (χ1v) is 14.5. The smallest absolute Gasteiger partial charge is 0.280 e. The van der Waals surface area contributed by atoms with Gasteiger partial charge in [-0.05, 0) is 31.9 Å². The van der Waals surface area contributed by atoms with Gasteiger partial charge in [0, 0.05) is 79.1 Å². The zero-order valence-corrected chi connectivity index (χ0v) is 23.4. The highest BCUT2D eigenvalue weighted by Crippen LogP contribution is 2.39. The molecule has 1 amide bonds. The van der Waals surface area contributed by atoms with Gasteiger partial charge in [0.15, 0.2) is 10.8 Å². The molecule has 10 heteroatoms. The Bertz CT molecular complexity index is 963. The van der Waals surface area contributed by atoms with Crippen molar-refractivity contribution in [2.75, 3.05) is 45.3 Å². The Morgan fingerprint density at radius 1 is 1.28 bits per heavy atom. The van der Waals surface area contributed by atoms with E-state index in [1.165, 1.54) is 29.1 Å². The van der Waals surface area contributed by atoms with Crippen LogP contribution in [0, 0.1) is 0 Å². The van der Waals surface area contributed by atoms with Gasteiger partial charge in [-0.25, -0.2) is 4.98 Å². The minimum atomic E-state index is -0.328. The van der Waals surface area contributed by atoms with E-state index in [4.69, 9.17) is 9.57 Å². The van der Waals surface area contributed by atoms with Gasteiger partial charge in [0.05, 0.1) is 0 Å². The molecule has 0 spiro atoms.